The highest BCUT2D eigenvalue weighted by atomic mass is 32.1. The number of aliphatic carboxylic acids is 1. The van der Waals surface area contributed by atoms with E-state index in [4.69, 9.17) is 5.11 Å². The summed E-state index contributed by atoms with van der Waals surface area (Å²) >= 11 is 4.30. The zero-order valence-corrected chi connectivity index (χ0v) is 11.1. The summed E-state index contributed by atoms with van der Waals surface area (Å²) in [6, 6.07) is 9.60. The van der Waals surface area contributed by atoms with Crippen molar-refractivity contribution in [3.63, 3.8) is 0 Å². The van der Waals surface area contributed by atoms with Crippen molar-refractivity contribution in [1.82, 2.24) is 5.32 Å². The van der Waals surface area contributed by atoms with Gasteiger partial charge in [0.25, 0.3) is 0 Å². The second-order valence-corrected chi connectivity index (χ2v) is 4.96. The fraction of sp³-hybridized carbons (Fsp3) is 0.385. The molecular formula is C13H17NO3S. The molecule has 0 bridgehead atoms. The van der Waals surface area contributed by atoms with Gasteiger partial charge in [-0.2, -0.15) is 12.6 Å². The van der Waals surface area contributed by atoms with Gasteiger partial charge in [0.15, 0.2) is 0 Å². The lowest BCUT2D eigenvalue weighted by Gasteiger charge is -2.19. The molecule has 0 aliphatic heterocycles. The van der Waals surface area contributed by atoms with Crippen LogP contribution in [0, 0.1) is 5.92 Å². The molecular weight excluding hydrogens is 250 g/mol. The predicted octanol–water partition coefficient (Wildman–Crippen LogP) is 1.36. The highest BCUT2D eigenvalue weighted by Crippen LogP contribution is 2.16. The minimum Gasteiger partial charge on any atom is -0.480 e. The average molecular weight is 267 g/mol. The standard InChI is InChI=1S/C13H17NO3S/c1-9(18)11(13(17)14-8-12(15)16)7-10-5-3-2-4-6-10/h2-6,9,11,18H,7-8H2,1H3,(H,14,17)(H,15,16)/t9-,11+/m1/s1. The number of carbonyl (C=O) groups excluding carboxylic acids is 1. The molecule has 0 aromatic heterocycles. The molecule has 98 valence electrons. The highest BCUT2D eigenvalue weighted by Gasteiger charge is 2.23. The number of nitrogens with one attached hydrogen (secondary N) is 1. The van der Waals surface area contributed by atoms with Gasteiger partial charge in [-0.15, -0.1) is 0 Å². The Kier molecular flexibility index (Phi) is 5.71. The fourth-order valence-electron chi connectivity index (χ4n) is 1.64. The molecule has 2 N–H and O–H groups in total. The van der Waals surface area contributed by atoms with E-state index in [2.05, 4.69) is 17.9 Å². The second kappa shape index (κ2) is 7.06. The maximum atomic E-state index is 11.9. The maximum absolute atomic E-state index is 11.9. The number of benzene rings is 1. The van der Waals surface area contributed by atoms with Crippen molar-refractivity contribution in [2.24, 2.45) is 5.92 Å². The van der Waals surface area contributed by atoms with Gasteiger partial charge in [-0.1, -0.05) is 37.3 Å². The Morgan fingerprint density at radius 3 is 2.44 bits per heavy atom. The summed E-state index contributed by atoms with van der Waals surface area (Å²) in [5.74, 6) is -1.66. The second-order valence-electron chi connectivity index (χ2n) is 4.15. The van der Waals surface area contributed by atoms with Gasteiger partial charge in [-0.3, -0.25) is 9.59 Å². The van der Waals surface area contributed by atoms with E-state index in [1.165, 1.54) is 0 Å². The van der Waals surface area contributed by atoms with Crippen LogP contribution in [-0.2, 0) is 16.0 Å². The van der Waals surface area contributed by atoms with Crippen LogP contribution in [-0.4, -0.2) is 28.8 Å². The fourth-order valence-corrected chi connectivity index (χ4v) is 1.88. The summed E-state index contributed by atoms with van der Waals surface area (Å²) in [5, 5.41) is 10.8. The molecule has 1 aromatic rings. The molecule has 0 fully saturated rings. The summed E-state index contributed by atoms with van der Waals surface area (Å²) in [5.41, 5.74) is 1.04. The third kappa shape index (κ3) is 4.79. The molecule has 5 heteroatoms. The SMILES string of the molecule is C[C@@H](S)[C@H](Cc1ccccc1)C(=O)NCC(=O)O. The van der Waals surface area contributed by atoms with Crippen LogP contribution in [0.4, 0.5) is 0 Å². The number of thiol groups is 1. The number of hydrogen-bond donors (Lipinski definition) is 3. The molecule has 2 atom stereocenters. The summed E-state index contributed by atoms with van der Waals surface area (Å²) in [6.45, 7) is 1.47. The van der Waals surface area contributed by atoms with Crippen LogP contribution < -0.4 is 5.32 Å². The average Bonchev–Trinajstić information content (AvgIpc) is 2.34. The van der Waals surface area contributed by atoms with Crippen LogP contribution >= 0.6 is 12.6 Å². The van der Waals surface area contributed by atoms with Gasteiger partial charge in [0.05, 0.1) is 5.92 Å². The van der Waals surface area contributed by atoms with Gasteiger partial charge in [0.1, 0.15) is 6.54 Å². The maximum Gasteiger partial charge on any atom is 0.322 e. The van der Waals surface area contributed by atoms with Crippen molar-refractivity contribution >= 4 is 24.5 Å². The number of carbonyl (C=O) groups is 2. The highest BCUT2D eigenvalue weighted by molar-refractivity contribution is 7.81. The van der Waals surface area contributed by atoms with E-state index in [0.717, 1.165) is 5.56 Å². The summed E-state index contributed by atoms with van der Waals surface area (Å²) in [4.78, 5) is 22.3. The van der Waals surface area contributed by atoms with Gasteiger partial charge in [-0.05, 0) is 12.0 Å². The molecule has 0 aliphatic rings. The molecule has 0 unspecified atom stereocenters. The third-order valence-corrected chi connectivity index (χ3v) is 2.99. The Morgan fingerprint density at radius 1 is 1.33 bits per heavy atom. The number of carboxylic acid groups (broad SMARTS) is 1. The van der Waals surface area contributed by atoms with E-state index in [0.29, 0.717) is 6.42 Å². The largest absolute Gasteiger partial charge is 0.480 e. The minimum atomic E-state index is -1.05. The van der Waals surface area contributed by atoms with Crippen LogP contribution in [0.5, 0.6) is 0 Å². The zero-order chi connectivity index (χ0) is 13.5. The molecule has 0 saturated heterocycles. The monoisotopic (exact) mass is 267 g/mol. The Bertz CT molecular complexity index is 406. The van der Waals surface area contributed by atoms with Crippen molar-refractivity contribution in [2.75, 3.05) is 6.54 Å². The lowest BCUT2D eigenvalue weighted by Crippen LogP contribution is -2.38. The van der Waals surface area contributed by atoms with E-state index < -0.39 is 5.97 Å². The topological polar surface area (TPSA) is 66.4 Å². The first-order chi connectivity index (χ1) is 8.50. The van der Waals surface area contributed by atoms with Crippen LogP contribution in [0.25, 0.3) is 0 Å². The van der Waals surface area contributed by atoms with Crippen molar-refractivity contribution in [1.29, 1.82) is 0 Å². The molecule has 0 aliphatic carbocycles. The summed E-state index contributed by atoms with van der Waals surface area (Å²) < 4.78 is 0. The first-order valence-corrected chi connectivity index (χ1v) is 6.24. The van der Waals surface area contributed by atoms with Crippen molar-refractivity contribution in [2.45, 2.75) is 18.6 Å². The molecule has 0 radical (unpaired) electrons. The quantitative estimate of drug-likeness (QED) is 0.682. The van der Waals surface area contributed by atoms with Gasteiger partial charge in [0, 0.05) is 5.25 Å². The van der Waals surface area contributed by atoms with Crippen molar-refractivity contribution in [3.8, 4) is 0 Å². The van der Waals surface area contributed by atoms with Crippen molar-refractivity contribution in [3.05, 3.63) is 35.9 Å². The van der Waals surface area contributed by atoms with E-state index in [1.54, 1.807) is 0 Å². The molecule has 1 rings (SSSR count). The van der Waals surface area contributed by atoms with Gasteiger partial charge in [0.2, 0.25) is 5.91 Å². The molecule has 1 aromatic carbocycles. The summed E-state index contributed by atoms with van der Waals surface area (Å²) in [7, 11) is 0. The molecule has 4 nitrogen and oxygen atoms in total. The van der Waals surface area contributed by atoms with Gasteiger partial charge >= 0.3 is 5.97 Å². The Morgan fingerprint density at radius 2 is 1.94 bits per heavy atom. The normalized spacial score (nSPS) is 13.7. The first kappa shape index (κ1) is 14.6. The van der Waals surface area contributed by atoms with Crippen LogP contribution in [0.3, 0.4) is 0 Å². The lowest BCUT2D eigenvalue weighted by atomic mass is 9.95. The zero-order valence-electron chi connectivity index (χ0n) is 10.2. The number of amides is 1. The van der Waals surface area contributed by atoms with Crippen molar-refractivity contribution < 1.29 is 14.7 Å². The Hall–Kier alpha value is -1.49. The molecule has 18 heavy (non-hydrogen) atoms. The minimum absolute atomic E-state index is 0.140. The predicted molar refractivity (Wildman–Crippen MR) is 72.7 cm³/mol. The lowest BCUT2D eigenvalue weighted by molar-refractivity contribution is -0.138. The number of carboxylic acids is 1. The molecule has 0 saturated carbocycles. The van der Waals surface area contributed by atoms with E-state index in [9.17, 15) is 9.59 Å². The van der Waals surface area contributed by atoms with Crippen LogP contribution in [0.1, 0.15) is 12.5 Å². The Balaban J connectivity index is 2.65. The summed E-state index contributed by atoms with van der Waals surface area (Å²) in [6.07, 6.45) is 0.553. The van der Waals surface area contributed by atoms with E-state index in [-0.39, 0.29) is 23.6 Å². The molecule has 0 spiro atoms. The van der Waals surface area contributed by atoms with Gasteiger partial charge in [-0.25, -0.2) is 0 Å². The molecule has 1 amide bonds. The third-order valence-electron chi connectivity index (χ3n) is 2.63. The van der Waals surface area contributed by atoms with E-state index in [1.807, 2.05) is 37.3 Å². The molecule has 0 heterocycles. The Labute approximate surface area is 112 Å². The number of hydrogen-bond acceptors (Lipinski definition) is 3. The van der Waals surface area contributed by atoms with Gasteiger partial charge < -0.3 is 10.4 Å². The first-order valence-electron chi connectivity index (χ1n) is 5.72. The van der Waals surface area contributed by atoms with E-state index >= 15 is 0 Å². The van der Waals surface area contributed by atoms with Crippen LogP contribution in [0.2, 0.25) is 0 Å². The number of rotatable bonds is 6. The smallest absolute Gasteiger partial charge is 0.322 e. The van der Waals surface area contributed by atoms with Crippen LogP contribution in [0.15, 0.2) is 30.3 Å².